The van der Waals surface area contributed by atoms with Gasteiger partial charge in [-0.15, -0.1) is 35.3 Å². The highest BCUT2D eigenvalue weighted by atomic mass is 127. The van der Waals surface area contributed by atoms with Crippen LogP contribution in [0.15, 0.2) is 40.7 Å². The third-order valence-electron chi connectivity index (χ3n) is 5.28. The molecule has 2 aromatic heterocycles. The van der Waals surface area contributed by atoms with Crippen molar-refractivity contribution in [2.75, 3.05) is 26.2 Å². The van der Waals surface area contributed by atoms with Gasteiger partial charge in [0.05, 0.1) is 18.3 Å². The molecular weight excluding hydrogens is 493 g/mol. The zero-order valence-corrected chi connectivity index (χ0v) is 20.9. The number of nitrogens with one attached hydrogen (secondary N) is 2. The first-order valence-corrected chi connectivity index (χ1v) is 11.3. The van der Waals surface area contributed by atoms with Crippen molar-refractivity contribution in [1.29, 1.82) is 0 Å². The largest absolute Gasteiger partial charge is 0.357 e. The van der Waals surface area contributed by atoms with Crippen LogP contribution in [0.5, 0.6) is 0 Å². The summed E-state index contributed by atoms with van der Waals surface area (Å²) in [5.74, 6) is 1.70. The van der Waals surface area contributed by atoms with Crippen LogP contribution in [0, 0.1) is 12.8 Å². The van der Waals surface area contributed by atoms with Crippen molar-refractivity contribution in [3.05, 3.63) is 52.0 Å². The number of guanidine groups is 1. The normalized spacial score (nSPS) is 16.9. The van der Waals surface area contributed by atoms with Crippen molar-refractivity contribution in [3.63, 3.8) is 0 Å². The Labute approximate surface area is 196 Å². The summed E-state index contributed by atoms with van der Waals surface area (Å²) in [4.78, 5) is 13.4. The van der Waals surface area contributed by atoms with Crippen LogP contribution in [0.3, 0.4) is 0 Å². The summed E-state index contributed by atoms with van der Waals surface area (Å²) in [6.07, 6.45) is 2.57. The Kier molecular flexibility index (Phi) is 10.4. The second-order valence-corrected chi connectivity index (χ2v) is 8.58. The van der Waals surface area contributed by atoms with Crippen LogP contribution < -0.4 is 10.6 Å². The van der Waals surface area contributed by atoms with Crippen LogP contribution in [0.25, 0.3) is 0 Å². The molecule has 0 bridgehead atoms. The van der Waals surface area contributed by atoms with E-state index in [1.54, 1.807) is 0 Å². The standard InChI is InChI=1S/C22H33N5S.HI/c1-4-23-22(24-15-19-8-5-7-18(3)26-19)25-16-20(21-9-6-14-28-21)27-12-10-17(2)11-13-27;/h5-9,14,17,20H,4,10-13,15-16H2,1-3H3,(H2,23,24,25);1H. The number of aliphatic imine (C=N–C) groups is 1. The molecule has 1 aliphatic heterocycles. The molecule has 0 spiro atoms. The first-order valence-electron chi connectivity index (χ1n) is 10.4. The molecule has 0 saturated carbocycles. The van der Waals surface area contributed by atoms with E-state index in [1.165, 1.54) is 30.8 Å². The van der Waals surface area contributed by atoms with Crippen molar-refractivity contribution in [1.82, 2.24) is 20.5 Å². The van der Waals surface area contributed by atoms with Crippen LogP contribution in [0.1, 0.15) is 49.0 Å². The average molecular weight is 528 g/mol. The van der Waals surface area contributed by atoms with Gasteiger partial charge in [0.25, 0.3) is 0 Å². The molecule has 0 aliphatic carbocycles. The third kappa shape index (κ3) is 7.53. The van der Waals surface area contributed by atoms with E-state index in [-0.39, 0.29) is 24.0 Å². The molecular formula is C22H34IN5S. The maximum absolute atomic E-state index is 4.75. The van der Waals surface area contributed by atoms with Crippen molar-refractivity contribution >= 4 is 41.3 Å². The van der Waals surface area contributed by atoms with Gasteiger partial charge in [-0.1, -0.05) is 19.1 Å². The van der Waals surface area contributed by atoms with Crippen molar-refractivity contribution in [3.8, 4) is 0 Å². The number of halogens is 1. The molecule has 3 rings (SSSR count). The lowest BCUT2D eigenvalue weighted by molar-refractivity contribution is 0.140. The minimum Gasteiger partial charge on any atom is -0.357 e. The molecule has 1 saturated heterocycles. The first-order chi connectivity index (χ1) is 13.7. The predicted molar refractivity (Wildman–Crippen MR) is 134 cm³/mol. The average Bonchev–Trinajstić information content (AvgIpc) is 3.22. The second kappa shape index (κ2) is 12.5. The van der Waals surface area contributed by atoms with E-state index in [1.807, 2.05) is 36.5 Å². The van der Waals surface area contributed by atoms with Gasteiger partial charge in [-0.25, -0.2) is 4.99 Å². The molecule has 0 aromatic carbocycles. The topological polar surface area (TPSA) is 52.6 Å². The maximum atomic E-state index is 4.75. The van der Waals surface area contributed by atoms with Crippen LogP contribution in [0.4, 0.5) is 0 Å². The third-order valence-corrected chi connectivity index (χ3v) is 6.26. The molecule has 7 heteroatoms. The number of pyridine rings is 1. The molecule has 5 nitrogen and oxygen atoms in total. The lowest BCUT2D eigenvalue weighted by Gasteiger charge is -2.36. The van der Waals surface area contributed by atoms with Gasteiger partial charge in [-0.05, 0) is 69.3 Å². The van der Waals surface area contributed by atoms with Gasteiger partial charge in [0.15, 0.2) is 5.96 Å². The molecule has 160 valence electrons. The summed E-state index contributed by atoms with van der Waals surface area (Å²) in [7, 11) is 0. The Morgan fingerprint density at radius 1 is 1.24 bits per heavy atom. The van der Waals surface area contributed by atoms with E-state index in [4.69, 9.17) is 4.99 Å². The summed E-state index contributed by atoms with van der Waals surface area (Å²) in [5.41, 5.74) is 2.03. The minimum absolute atomic E-state index is 0. The Hall–Kier alpha value is -1.19. The van der Waals surface area contributed by atoms with Gasteiger partial charge in [-0.2, -0.15) is 0 Å². The minimum atomic E-state index is 0. The number of piperidine rings is 1. The lowest BCUT2D eigenvalue weighted by Crippen LogP contribution is -2.45. The number of hydrogen-bond donors (Lipinski definition) is 2. The fourth-order valence-corrected chi connectivity index (χ4v) is 4.47. The number of thiophene rings is 1. The molecule has 0 amide bonds. The number of rotatable bonds is 7. The van der Waals surface area contributed by atoms with Crippen molar-refractivity contribution < 1.29 is 0 Å². The Morgan fingerprint density at radius 3 is 2.69 bits per heavy atom. The van der Waals surface area contributed by atoms with Crippen molar-refractivity contribution in [2.24, 2.45) is 10.9 Å². The molecule has 1 atom stereocenters. The van der Waals surface area contributed by atoms with E-state index in [9.17, 15) is 0 Å². The SMILES string of the molecule is CCNC(=NCc1cccc(C)n1)NCC(c1cccs1)N1CCC(C)CC1.I. The van der Waals surface area contributed by atoms with Crippen LogP contribution >= 0.6 is 35.3 Å². The van der Waals surface area contributed by atoms with Gasteiger partial charge in [0, 0.05) is 23.7 Å². The number of likely N-dealkylation sites (tertiary alicyclic amines) is 1. The van der Waals surface area contributed by atoms with E-state index < -0.39 is 0 Å². The molecule has 2 N–H and O–H groups in total. The van der Waals surface area contributed by atoms with Gasteiger partial charge < -0.3 is 10.6 Å². The van der Waals surface area contributed by atoms with Crippen LogP contribution in [-0.4, -0.2) is 42.0 Å². The van der Waals surface area contributed by atoms with E-state index in [2.05, 4.69) is 51.9 Å². The monoisotopic (exact) mass is 527 g/mol. The highest BCUT2D eigenvalue weighted by Gasteiger charge is 2.25. The Bertz CT molecular complexity index is 741. The molecule has 2 aromatic rings. The van der Waals surface area contributed by atoms with E-state index in [0.717, 1.165) is 36.4 Å². The Balaban J connectivity index is 0.00000300. The van der Waals surface area contributed by atoms with Gasteiger partial charge in [-0.3, -0.25) is 9.88 Å². The maximum Gasteiger partial charge on any atom is 0.191 e. The van der Waals surface area contributed by atoms with Crippen molar-refractivity contribution in [2.45, 2.75) is 46.2 Å². The fraction of sp³-hybridized carbons (Fsp3) is 0.545. The lowest BCUT2D eigenvalue weighted by atomic mass is 9.97. The smallest absolute Gasteiger partial charge is 0.191 e. The molecule has 1 aliphatic rings. The summed E-state index contributed by atoms with van der Waals surface area (Å²) in [6.45, 7) is 11.1. The van der Waals surface area contributed by atoms with Crippen LogP contribution in [0.2, 0.25) is 0 Å². The zero-order valence-electron chi connectivity index (χ0n) is 17.7. The Morgan fingerprint density at radius 2 is 2.03 bits per heavy atom. The summed E-state index contributed by atoms with van der Waals surface area (Å²) < 4.78 is 0. The number of nitrogens with zero attached hydrogens (tertiary/aromatic N) is 3. The molecule has 1 fully saturated rings. The molecule has 3 heterocycles. The fourth-order valence-electron chi connectivity index (χ4n) is 3.61. The highest BCUT2D eigenvalue weighted by Crippen LogP contribution is 2.29. The first kappa shape index (κ1) is 24.1. The quantitative estimate of drug-likeness (QED) is 0.314. The number of hydrogen-bond acceptors (Lipinski definition) is 4. The zero-order chi connectivity index (χ0) is 19.8. The summed E-state index contributed by atoms with van der Waals surface area (Å²) in [5, 5.41) is 9.13. The second-order valence-electron chi connectivity index (χ2n) is 7.60. The molecule has 0 radical (unpaired) electrons. The van der Waals surface area contributed by atoms with Gasteiger partial charge in [0.2, 0.25) is 0 Å². The summed E-state index contributed by atoms with van der Waals surface area (Å²) >= 11 is 1.85. The van der Waals surface area contributed by atoms with Gasteiger partial charge in [0.1, 0.15) is 0 Å². The van der Waals surface area contributed by atoms with E-state index in [0.29, 0.717) is 12.6 Å². The summed E-state index contributed by atoms with van der Waals surface area (Å²) in [6, 6.07) is 10.9. The highest BCUT2D eigenvalue weighted by molar-refractivity contribution is 14.0. The number of aryl methyl sites for hydroxylation is 1. The van der Waals surface area contributed by atoms with E-state index >= 15 is 0 Å². The molecule has 1 unspecified atom stereocenters. The number of aromatic nitrogens is 1. The van der Waals surface area contributed by atoms with Crippen LogP contribution in [-0.2, 0) is 6.54 Å². The predicted octanol–water partition coefficient (Wildman–Crippen LogP) is 4.60. The molecule has 29 heavy (non-hydrogen) atoms. The van der Waals surface area contributed by atoms with Gasteiger partial charge >= 0.3 is 0 Å².